The van der Waals surface area contributed by atoms with E-state index in [0.29, 0.717) is 5.56 Å². The lowest BCUT2D eigenvalue weighted by molar-refractivity contribution is -0.157. The number of hydrogen-bond donors (Lipinski definition) is 2. The van der Waals surface area contributed by atoms with Gasteiger partial charge in [-0.2, -0.15) is 5.26 Å². The number of nitrogens with one attached hydrogen (secondary N) is 1. The second kappa shape index (κ2) is 11.4. The number of benzene rings is 3. The molecule has 0 aliphatic carbocycles. The lowest BCUT2D eigenvalue weighted by atomic mass is 10.1. The van der Waals surface area contributed by atoms with Crippen LogP contribution in [0.3, 0.4) is 0 Å². The molecule has 0 heterocycles. The first kappa shape index (κ1) is 25.6. The SMILES string of the molecule is Cc1cccc(C(=O)O[C@@H](C(=O)O)[C@@H](OC(=O)c2cccc(C)c2)C(=O)Nc2ccc(C#N)cc2)c1. The number of anilines is 1. The number of hydrogen-bond acceptors (Lipinski definition) is 7. The summed E-state index contributed by atoms with van der Waals surface area (Å²) in [4.78, 5) is 50.7. The van der Waals surface area contributed by atoms with Crippen LogP contribution in [-0.2, 0) is 19.1 Å². The first-order valence-corrected chi connectivity index (χ1v) is 10.8. The second-order valence-electron chi connectivity index (χ2n) is 7.91. The lowest BCUT2D eigenvalue weighted by Crippen LogP contribution is -2.48. The predicted octanol–water partition coefficient (Wildman–Crippen LogP) is 3.65. The van der Waals surface area contributed by atoms with E-state index in [4.69, 9.17) is 14.7 Å². The number of rotatable bonds is 8. The number of carboxylic acids is 1. The fourth-order valence-corrected chi connectivity index (χ4v) is 3.25. The van der Waals surface area contributed by atoms with Crippen LogP contribution >= 0.6 is 0 Å². The van der Waals surface area contributed by atoms with Gasteiger partial charge in [-0.3, -0.25) is 4.79 Å². The van der Waals surface area contributed by atoms with Gasteiger partial charge in [-0.25, -0.2) is 14.4 Å². The molecule has 2 atom stereocenters. The van der Waals surface area contributed by atoms with Gasteiger partial charge < -0.3 is 19.9 Å². The number of amides is 1. The molecule has 0 aliphatic rings. The molecule has 0 saturated heterocycles. The number of carbonyl (C=O) groups excluding carboxylic acids is 3. The topological polar surface area (TPSA) is 143 Å². The number of nitrogens with zero attached hydrogens (tertiary/aromatic N) is 1. The summed E-state index contributed by atoms with van der Waals surface area (Å²) in [6.07, 6.45) is -4.18. The zero-order valence-corrected chi connectivity index (χ0v) is 19.4. The zero-order chi connectivity index (χ0) is 26.2. The van der Waals surface area contributed by atoms with Crippen LogP contribution in [0.2, 0.25) is 0 Å². The van der Waals surface area contributed by atoms with E-state index in [-0.39, 0.29) is 16.8 Å². The van der Waals surface area contributed by atoms with Gasteiger partial charge in [0.2, 0.25) is 12.2 Å². The van der Waals surface area contributed by atoms with Crippen molar-refractivity contribution in [2.75, 3.05) is 5.32 Å². The Morgan fingerprint density at radius 1 is 0.806 bits per heavy atom. The number of ether oxygens (including phenoxy) is 2. The molecule has 3 aromatic rings. The van der Waals surface area contributed by atoms with Crippen LogP contribution in [0.15, 0.2) is 72.8 Å². The molecule has 2 N–H and O–H groups in total. The fraction of sp³-hybridized carbons (Fsp3) is 0.148. The van der Waals surface area contributed by atoms with Crippen molar-refractivity contribution < 1.29 is 33.8 Å². The van der Waals surface area contributed by atoms with Gasteiger partial charge in [0.1, 0.15) is 0 Å². The molecule has 0 aliphatic heterocycles. The van der Waals surface area contributed by atoms with E-state index >= 15 is 0 Å². The molecule has 3 rings (SSSR count). The summed E-state index contributed by atoms with van der Waals surface area (Å²) in [6.45, 7) is 3.48. The van der Waals surface area contributed by atoms with Gasteiger partial charge in [0.15, 0.2) is 0 Å². The van der Waals surface area contributed by atoms with Crippen LogP contribution in [-0.4, -0.2) is 41.1 Å². The number of carbonyl (C=O) groups is 4. The molecule has 0 saturated carbocycles. The molecule has 3 aromatic carbocycles. The van der Waals surface area contributed by atoms with Crippen molar-refractivity contribution in [3.63, 3.8) is 0 Å². The summed E-state index contributed by atoms with van der Waals surface area (Å²) in [6, 6.07) is 20.2. The van der Waals surface area contributed by atoms with Gasteiger partial charge in [-0.05, 0) is 62.4 Å². The standard InChI is InChI=1S/C27H22N2O7/c1-16-5-3-7-19(13-16)26(33)35-22(24(30)29-21-11-9-18(15-28)10-12-21)23(25(31)32)36-27(34)20-8-4-6-17(2)14-20/h3-14,22-23H,1-2H3,(H,29,30)(H,31,32)/t22-,23-/m1/s1. The molecule has 182 valence electrons. The Labute approximate surface area is 206 Å². The highest BCUT2D eigenvalue weighted by molar-refractivity contribution is 6.01. The van der Waals surface area contributed by atoms with Crippen molar-refractivity contribution in [2.24, 2.45) is 0 Å². The maximum atomic E-state index is 13.1. The van der Waals surface area contributed by atoms with E-state index in [1.54, 1.807) is 38.1 Å². The molecular formula is C27H22N2O7. The third-order valence-electron chi connectivity index (χ3n) is 5.03. The Bertz CT molecular complexity index is 1340. The third kappa shape index (κ3) is 6.55. The van der Waals surface area contributed by atoms with Crippen LogP contribution in [0.4, 0.5) is 5.69 Å². The summed E-state index contributed by atoms with van der Waals surface area (Å²) in [5.74, 6) is -4.71. The summed E-state index contributed by atoms with van der Waals surface area (Å²) in [5, 5.41) is 21.2. The van der Waals surface area contributed by atoms with Crippen molar-refractivity contribution in [1.82, 2.24) is 0 Å². The van der Waals surface area contributed by atoms with Gasteiger partial charge in [-0.15, -0.1) is 0 Å². The minimum Gasteiger partial charge on any atom is -0.478 e. The molecule has 1 amide bonds. The van der Waals surface area contributed by atoms with Crippen LogP contribution in [0, 0.1) is 25.2 Å². The molecule has 0 bridgehead atoms. The molecule has 0 unspecified atom stereocenters. The van der Waals surface area contributed by atoms with E-state index in [0.717, 1.165) is 11.1 Å². The van der Waals surface area contributed by atoms with Crippen LogP contribution in [0.25, 0.3) is 0 Å². The molecule has 9 nitrogen and oxygen atoms in total. The number of aryl methyl sites for hydroxylation is 2. The molecular weight excluding hydrogens is 464 g/mol. The average Bonchev–Trinajstić information content (AvgIpc) is 2.86. The summed E-state index contributed by atoms with van der Waals surface area (Å²) < 4.78 is 10.4. The maximum Gasteiger partial charge on any atom is 0.349 e. The Morgan fingerprint density at radius 2 is 1.31 bits per heavy atom. The molecule has 9 heteroatoms. The maximum absolute atomic E-state index is 13.1. The van der Waals surface area contributed by atoms with E-state index in [2.05, 4.69) is 5.32 Å². The predicted molar refractivity (Wildman–Crippen MR) is 128 cm³/mol. The zero-order valence-electron chi connectivity index (χ0n) is 19.4. The van der Waals surface area contributed by atoms with Crippen molar-refractivity contribution in [3.8, 4) is 6.07 Å². The second-order valence-corrected chi connectivity index (χ2v) is 7.91. The molecule has 36 heavy (non-hydrogen) atoms. The van der Waals surface area contributed by atoms with Crippen LogP contribution < -0.4 is 5.32 Å². The van der Waals surface area contributed by atoms with Gasteiger partial charge in [0.25, 0.3) is 5.91 Å². The first-order chi connectivity index (χ1) is 17.2. The van der Waals surface area contributed by atoms with Gasteiger partial charge in [0, 0.05) is 5.69 Å². The lowest BCUT2D eigenvalue weighted by Gasteiger charge is -2.23. The van der Waals surface area contributed by atoms with Crippen molar-refractivity contribution in [3.05, 3.63) is 101 Å². The molecule has 0 aromatic heterocycles. The number of aliphatic carboxylic acids is 1. The largest absolute Gasteiger partial charge is 0.478 e. The Hall–Kier alpha value is -4.97. The fourth-order valence-electron chi connectivity index (χ4n) is 3.25. The Morgan fingerprint density at radius 3 is 1.75 bits per heavy atom. The third-order valence-corrected chi connectivity index (χ3v) is 5.03. The van der Waals surface area contributed by atoms with Gasteiger partial charge in [0.05, 0.1) is 22.8 Å². The molecule has 0 spiro atoms. The van der Waals surface area contributed by atoms with E-state index < -0.39 is 36.0 Å². The Kier molecular flexibility index (Phi) is 8.15. The van der Waals surface area contributed by atoms with E-state index in [1.807, 2.05) is 6.07 Å². The molecule has 0 radical (unpaired) electrons. The normalized spacial score (nSPS) is 11.9. The number of carboxylic acid groups (broad SMARTS) is 1. The summed E-state index contributed by atoms with van der Waals surface area (Å²) >= 11 is 0. The monoisotopic (exact) mass is 486 g/mol. The summed E-state index contributed by atoms with van der Waals surface area (Å²) in [7, 11) is 0. The van der Waals surface area contributed by atoms with E-state index in [9.17, 15) is 24.3 Å². The molecule has 0 fully saturated rings. The van der Waals surface area contributed by atoms with Crippen molar-refractivity contribution in [2.45, 2.75) is 26.1 Å². The highest BCUT2D eigenvalue weighted by Crippen LogP contribution is 2.17. The quantitative estimate of drug-likeness (QED) is 0.459. The van der Waals surface area contributed by atoms with Crippen molar-refractivity contribution >= 4 is 29.5 Å². The van der Waals surface area contributed by atoms with Gasteiger partial charge in [-0.1, -0.05) is 35.4 Å². The number of esters is 2. The smallest absolute Gasteiger partial charge is 0.349 e. The minimum atomic E-state index is -2.15. The van der Waals surface area contributed by atoms with Crippen LogP contribution in [0.5, 0.6) is 0 Å². The minimum absolute atomic E-state index is 0.0671. The number of nitriles is 1. The summed E-state index contributed by atoms with van der Waals surface area (Å²) in [5.41, 5.74) is 2.18. The average molecular weight is 486 g/mol. The first-order valence-electron chi connectivity index (χ1n) is 10.8. The van der Waals surface area contributed by atoms with Crippen molar-refractivity contribution in [1.29, 1.82) is 5.26 Å². The highest BCUT2D eigenvalue weighted by atomic mass is 16.6. The highest BCUT2D eigenvalue weighted by Gasteiger charge is 2.41. The van der Waals surface area contributed by atoms with Crippen LogP contribution in [0.1, 0.15) is 37.4 Å². The van der Waals surface area contributed by atoms with E-state index in [1.165, 1.54) is 48.5 Å². The Balaban J connectivity index is 1.92. The van der Waals surface area contributed by atoms with Gasteiger partial charge >= 0.3 is 17.9 Å².